The molecule has 0 aliphatic heterocycles. The Labute approximate surface area is 133 Å². The largest absolute Gasteiger partial charge is 0.307 e. The Balaban J connectivity index is 2.55. The van der Waals surface area contributed by atoms with Crippen molar-refractivity contribution in [3.63, 3.8) is 0 Å². The maximum absolute atomic E-state index is 6.17. The van der Waals surface area contributed by atoms with E-state index in [1.165, 1.54) is 27.8 Å². The Hall–Kier alpha value is -1.31. The van der Waals surface area contributed by atoms with Crippen molar-refractivity contribution in [2.75, 3.05) is 6.54 Å². The monoisotopic (exact) mass is 301 g/mol. The van der Waals surface area contributed by atoms with E-state index in [9.17, 15) is 0 Å². The predicted molar refractivity (Wildman–Crippen MR) is 92.4 cm³/mol. The fraction of sp³-hybridized carbons (Fsp3) is 0.368. The van der Waals surface area contributed by atoms with Crippen LogP contribution >= 0.6 is 11.6 Å². The van der Waals surface area contributed by atoms with Gasteiger partial charge in [0.15, 0.2) is 0 Å². The van der Waals surface area contributed by atoms with E-state index in [1.54, 1.807) is 0 Å². The lowest BCUT2D eigenvalue weighted by atomic mass is 9.89. The van der Waals surface area contributed by atoms with Crippen molar-refractivity contribution in [3.05, 3.63) is 68.7 Å². The summed E-state index contributed by atoms with van der Waals surface area (Å²) >= 11 is 6.17. The van der Waals surface area contributed by atoms with Gasteiger partial charge in [0.2, 0.25) is 0 Å². The molecule has 2 aromatic rings. The second-order valence-electron chi connectivity index (χ2n) is 5.81. The van der Waals surface area contributed by atoms with Crippen LogP contribution in [-0.2, 0) is 0 Å². The Kier molecular flexibility index (Phi) is 5.08. The quantitative estimate of drug-likeness (QED) is 0.811. The first-order valence-corrected chi connectivity index (χ1v) is 7.89. The maximum Gasteiger partial charge on any atom is 0.0581 e. The Morgan fingerprint density at radius 2 is 1.57 bits per heavy atom. The van der Waals surface area contributed by atoms with Gasteiger partial charge in [-0.15, -0.1) is 0 Å². The van der Waals surface area contributed by atoms with Crippen LogP contribution in [0.3, 0.4) is 0 Å². The van der Waals surface area contributed by atoms with Gasteiger partial charge in [-0.05, 0) is 68.1 Å². The molecule has 0 aliphatic carbocycles. The van der Waals surface area contributed by atoms with Crippen molar-refractivity contribution < 1.29 is 0 Å². The summed E-state index contributed by atoms with van der Waals surface area (Å²) in [6, 6.07) is 11.0. The summed E-state index contributed by atoms with van der Waals surface area (Å²) in [6.07, 6.45) is 0. The molecule has 2 heteroatoms. The topological polar surface area (TPSA) is 12.0 Å². The molecule has 0 saturated heterocycles. The predicted octanol–water partition coefficient (Wildman–Crippen LogP) is 5.27. The lowest BCUT2D eigenvalue weighted by molar-refractivity contribution is 0.624. The van der Waals surface area contributed by atoms with E-state index in [4.69, 9.17) is 11.6 Å². The van der Waals surface area contributed by atoms with Crippen LogP contribution in [0.25, 0.3) is 0 Å². The molecular formula is C19H24ClN. The summed E-state index contributed by atoms with van der Waals surface area (Å²) in [5, 5.41) is 4.45. The third-order valence-electron chi connectivity index (χ3n) is 3.95. The molecule has 21 heavy (non-hydrogen) atoms. The normalized spacial score (nSPS) is 12.5. The van der Waals surface area contributed by atoms with Crippen LogP contribution in [0.5, 0.6) is 0 Å². The van der Waals surface area contributed by atoms with Crippen molar-refractivity contribution in [2.24, 2.45) is 0 Å². The molecule has 112 valence electrons. The molecule has 0 bridgehead atoms. The fourth-order valence-electron chi connectivity index (χ4n) is 3.08. The summed E-state index contributed by atoms with van der Waals surface area (Å²) in [6.45, 7) is 11.7. The summed E-state index contributed by atoms with van der Waals surface area (Å²) < 4.78 is 0. The third kappa shape index (κ3) is 3.48. The van der Waals surface area contributed by atoms with Crippen molar-refractivity contribution >= 4 is 11.6 Å². The second-order valence-corrected chi connectivity index (χ2v) is 6.22. The van der Waals surface area contributed by atoms with E-state index >= 15 is 0 Å². The molecule has 0 spiro atoms. The highest BCUT2D eigenvalue weighted by Crippen LogP contribution is 2.30. The molecule has 2 rings (SSSR count). The maximum atomic E-state index is 6.17. The van der Waals surface area contributed by atoms with Crippen LogP contribution in [0, 0.1) is 27.7 Å². The van der Waals surface area contributed by atoms with Gasteiger partial charge in [-0.1, -0.05) is 48.4 Å². The number of hydrogen-bond acceptors (Lipinski definition) is 1. The SMILES string of the molecule is CCNC(c1ccc(Cl)c(C)c1)c1c(C)cc(C)cc1C. The highest BCUT2D eigenvalue weighted by molar-refractivity contribution is 6.31. The first-order valence-electron chi connectivity index (χ1n) is 7.51. The zero-order chi connectivity index (χ0) is 15.6. The van der Waals surface area contributed by atoms with Crippen LogP contribution in [0.2, 0.25) is 5.02 Å². The van der Waals surface area contributed by atoms with Gasteiger partial charge in [0.05, 0.1) is 6.04 Å². The minimum absolute atomic E-state index is 0.214. The van der Waals surface area contributed by atoms with E-state index in [0.29, 0.717) is 0 Å². The van der Waals surface area contributed by atoms with Crippen LogP contribution in [0.1, 0.15) is 46.3 Å². The molecule has 0 aliphatic rings. The van der Waals surface area contributed by atoms with Crippen LogP contribution < -0.4 is 5.32 Å². The van der Waals surface area contributed by atoms with Crippen molar-refractivity contribution in [3.8, 4) is 0 Å². The average molecular weight is 302 g/mol. The Morgan fingerprint density at radius 1 is 0.952 bits per heavy atom. The lowest BCUT2D eigenvalue weighted by Gasteiger charge is -2.24. The smallest absolute Gasteiger partial charge is 0.0581 e. The number of aryl methyl sites for hydroxylation is 4. The zero-order valence-electron chi connectivity index (χ0n) is 13.5. The van der Waals surface area contributed by atoms with E-state index in [0.717, 1.165) is 17.1 Å². The minimum atomic E-state index is 0.214. The van der Waals surface area contributed by atoms with E-state index in [1.807, 2.05) is 6.07 Å². The van der Waals surface area contributed by atoms with Crippen molar-refractivity contribution in [1.82, 2.24) is 5.32 Å². The van der Waals surface area contributed by atoms with Crippen molar-refractivity contribution in [1.29, 1.82) is 0 Å². The molecule has 0 aromatic heterocycles. The first kappa shape index (κ1) is 16.1. The van der Waals surface area contributed by atoms with Crippen LogP contribution in [0.4, 0.5) is 0 Å². The first-order chi connectivity index (χ1) is 9.93. The molecule has 1 nitrogen and oxygen atoms in total. The number of nitrogens with one attached hydrogen (secondary N) is 1. The molecule has 0 amide bonds. The molecule has 1 atom stereocenters. The highest BCUT2D eigenvalue weighted by atomic mass is 35.5. The van der Waals surface area contributed by atoms with Gasteiger partial charge in [0.1, 0.15) is 0 Å². The third-order valence-corrected chi connectivity index (χ3v) is 4.37. The number of benzene rings is 2. The van der Waals surface area contributed by atoms with Gasteiger partial charge < -0.3 is 5.32 Å². The standard InChI is InChI=1S/C19H24ClN/c1-6-21-19(16-7-8-17(20)13(3)11-16)18-14(4)9-12(2)10-15(18)5/h7-11,19,21H,6H2,1-5H3. The summed E-state index contributed by atoms with van der Waals surface area (Å²) in [7, 11) is 0. The fourth-order valence-corrected chi connectivity index (χ4v) is 3.20. The van der Waals surface area contributed by atoms with Gasteiger partial charge in [-0.2, -0.15) is 0 Å². The van der Waals surface area contributed by atoms with Gasteiger partial charge >= 0.3 is 0 Å². The average Bonchev–Trinajstić information content (AvgIpc) is 2.40. The van der Waals surface area contributed by atoms with E-state index < -0.39 is 0 Å². The molecule has 0 heterocycles. The highest BCUT2D eigenvalue weighted by Gasteiger charge is 2.18. The molecular weight excluding hydrogens is 278 g/mol. The summed E-state index contributed by atoms with van der Waals surface area (Å²) in [5.41, 5.74) is 7.77. The van der Waals surface area contributed by atoms with Gasteiger partial charge in [0, 0.05) is 5.02 Å². The van der Waals surface area contributed by atoms with Crippen LogP contribution in [-0.4, -0.2) is 6.54 Å². The van der Waals surface area contributed by atoms with Gasteiger partial charge in [-0.25, -0.2) is 0 Å². The van der Waals surface area contributed by atoms with E-state index in [2.05, 4.69) is 64.2 Å². The summed E-state index contributed by atoms with van der Waals surface area (Å²) in [4.78, 5) is 0. The van der Waals surface area contributed by atoms with Gasteiger partial charge in [-0.3, -0.25) is 0 Å². The molecule has 0 fully saturated rings. The molecule has 0 saturated carbocycles. The molecule has 1 N–H and O–H groups in total. The van der Waals surface area contributed by atoms with Crippen LogP contribution in [0.15, 0.2) is 30.3 Å². The van der Waals surface area contributed by atoms with E-state index in [-0.39, 0.29) is 6.04 Å². The Bertz CT molecular complexity index is 623. The number of hydrogen-bond donors (Lipinski definition) is 1. The molecule has 2 aromatic carbocycles. The molecule has 1 unspecified atom stereocenters. The second kappa shape index (κ2) is 6.64. The Morgan fingerprint density at radius 3 is 2.10 bits per heavy atom. The zero-order valence-corrected chi connectivity index (χ0v) is 14.3. The number of rotatable bonds is 4. The summed E-state index contributed by atoms with van der Waals surface area (Å²) in [5.74, 6) is 0. The minimum Gasteiger partial charge on any atom is -0.307 e. The lowest BCUT2D eigenvalue weighted by Crippen LogP contribution is -2.24. The van der Waals surface area contributed by atoms with Crippen molar-refractivity contribution in [2.45, 2.75) is 40.7 Å². The molecule has 0 radical (unpaired) electrons. The van der Waals surface area contributed by atoms with Gasteiger partial charge in [0.25, 0.3) is 0 Å². The number of halogens is 1.